The number of carbonyl (C=O) groups excluding carboxylic acids is 2. The first-order chi connectivity index (χ1) is 14.7. The van der Waals surface area contributed by atoms with Gasteiger partial charge in [-0.25, -0.2) is 14.5 Å². The Labute approximate surface area is 183 Å². The Morgan fingerprint density at radius 1 is 1.13 bits per heavy atom. The van der Waals surface area contributed by atoms with Crippen LogP contribution in [-0.2, 0) is 4.74 Å². The van der Waals surface area contributed by atoms with Gasteiger partial charge < -0.3 is 15.4 Å². The molecule has 1 fully saturated rings. The first-order valence-corrected chi connectivity index (χ1v) is 11.0. The molecule has 8 nitrogen and oxygen atoms in total. The van der Waals surface area contributed by atoms with Gasteiger partial charge in [0.05, 0.1) is 11.2 Å². The van der Waals surface area contributed by atoms with Gasteiger partial charge in [0.15, 0.2) is 0 Å². The number of nitrogens with one attached hydrogen (secondary N) is 2. The van der Waals surface area contributed by atoms with Crippen LogP contribution in [0, 0.1) is 0 Å². The topological polar surface area (TPSA) is 98.1 Å². The molecule has 0 saturated heterocycles. The van der Waals surface area contributed by atoms with E-state index in [4.69, 9.17) is 4.74 Å². The van der Waals surface area contributed by atoms with E-state index in [1.807, 2.05) is 65.0 Å². The third kappa shape index (κ3) is 5.83. The van der Waals surface area contributed by atoms with E-state index in [0.717, 1.165) is 24.4 Å². The molecule has 8 heteroatoms. The van der Waals surface area contributed by atoms with E-state index in [-0.39, 0.29) is 18.3 Å². The lowest BCUT2D eigenvalue weighted by atomic mass is 9.92. The van der Waals surface area contributed by atoms with E-state index in [9.17, 15) is 9.59 Å². The largest absolute Gasteiger partial charge is 0.444 e. The molecule has 1 saturated carbocycles. The molecule has 0 bridgehead atoms. The summed E-state index contributed by atoms with van der Waals surface area (Å²) in [5.41, 5.74) is -0.312. The Morgan fingerprint density at radius 3 is 2.32 bits per heavy atom. The smallest absolute Gasteiger partial charge is 0.407 e. The summed E-state index contributed by atoms with van der Waals surface area (Å²) in [6, 6.07) is 9.73. The number of para-hydroxylation sites is 1. The maximum Gasteiger partial charge on any atom is 0.407 e. The molecule has 3 rings (SSSR count). The highest BCUT2D eigenvalue weighted by atomic mass is 16.6. The van der Waals surface area contributed by atoms with E-state index in [0.29, 0.717) is 18.8 Å². The minimum Gasteiger partial charge on any atom is -0.444 e. The van der Waals surface area contributed by atoms with Crippen LogP contribution in [0.1, 0.15) is 82.7 Å². The molecular weight excluding hydrogens is 394 g/mol. The molecule has 0 unspecified atom stereocenters. The number of rotatable bonds is 8. The summed E-state index contributed by atoms with van der Waals surface area (Å²) in [7, 11) is 0. The van der Waals surface area contributed by atoms with Crippen LogP contribution in [0.25, 0.3) is 5.69 Å². The molecule has 1 aliphatic rings. The zero-order valence-corrected chi connectivity index (χ0v) is 19.1. The second-order valence-corrected chi connectivity index (χ2v) is 9.11. The molecule has 31 heavy (non-hydrogen) atoms. The van der Waals surface area contributed by atoms with E-state index < -0.39 is 17.2 Å². The van der Waals surface area contributed by atoms with Gasteiger partial charge in [-0.1, -0.05) is 32.0 Å². The van der Waals surface area contributed by atoms with Crippen LogP contribution in [-0.4, -0.2) is 44.4 Å². The van der Waals surface area contributed by atoms with Crippen LogP contribution < -0.4 is 10.6 Å². The Balaban J connectivity index is 1.76. The lowest BCUT2D eigenvalue weighted by Gasteiger charge is -2.33. The van der Waals surface area contributed by atoms with Crippen LogP contribution in [0.2, 0.25) is 0 Å². The van der Waals surface area contributed by atoms with Crippen molar-refractivity contribution in [3.8, 4) is 5.69 Å². The fourth-order valence-electron chi connectivity index (χ4n) is 3.36. The number of hydrogen-bond donors (Lipinski definition) is 2. The Morgan fingerprint density at radius 2 is 1.77 bits per heavy atom. The molecule has 1 aromatic heterocycles. The minimum absolute atomic E-state index is 0.147. The Kier molecular flexibility index (Phi) is 6.67. The van der Waals surface area contributed by atoms with Crippen molar-refractivity contribution in [2.75, 3.05) is 6.54 Å². The molecule has 1 aliphatic carbocycles. The van der Waals surface area contributed by atoms with E-state index in [2.05, 4.69) is 20.7 Å². The van der Waals surface area contributed by atoms with Gasteiger partial charge in [-0.3, -0.25) is 4.79 Å². The van der Waals surface area contributed by atoms with Gasteiger partial charge in [0, 0.05) is 12.5 Å². The summed E-state index contributed by atoms with van der Waals surface area (Å²) in [4.78, 5) is 29.8. The highest BCUT2D eigenvalue weighted by Gasteiger charge is 2.34. The predicted octanol–water partition coefficient (Wildman–Crippen LogP) is 3.96. The highest BCUT2D eigenvalue weighted by Crippen LogP contribution is 2.39. The second kappa shape index (κ2) is 9.08. The molecule has 0 spiro atoms. The lowest BCUT2D eigenvalue weighted by Crippen LogP contribution is -2.55. The van der Waals surface area contributed by atoms with Gasteiger partial charge in [-0.15, -0.1) is 5.10 Å². The van der Waals surface area contributed by atoms with Crippen molar-refractivity contribution in [3.05, 3.63) is 42.0 Å². The van der Waals surface area contributed by atoms with Crippen molar-refractivity contribution in [3.63, 3.8) is 0 Å². The van der Waals surface area contributed by atoms with Gasteiger partial charge in [-0.2, -0.15) is 0 Å². The third-order valence-electron chi connectivity index (χ3n) is 5.48. The summed E-state index contributed by atoms with van der Waals surface area (Å²) in [5, 5.41) is 10.4. The summed E-state index contributed by atoms with van der Waals surface area (Å²) in [6.07, 6.45) is 2.89. The average molecular weight is 428 g/mol. The first-order valence-electron chi connectivity index (χ1n) is 11.0. The van der Waals surface area contributed by atoms with E-state index in [1.54, 1.807) is 4.68 Å². The quantitative estimate of drug-likeness (QED) is 0.664. The number of alkyl carbamates (subject to hydrolysis) is 1. The number of nitrogens with zero attached hydrogens (tertiary/aromatic N) is 3. The molecule has 2 amide bonds. The van der Waals surface area contributed by atoms with Gasteiger partial charge in [0.25, 0.3) is 5.91 Å². The molecule has 2 N–H and O–H groups in total. The zero-order chi connectivity index (χ0) is 22.6. The van der Waals surface area contributed by atoms with Crippen molar-refractivity contribution in [1.29, 1.82) is 0 Å². The third-order valence-corrected chi connectivity index (χ3v) is 5.48. The van der Waals surface area contributed by atoms with Crippen LogP contribution >= 0.6 is 0 Å². The molecular formula is C23H33N5O3. The van der Waals surface area contributed by atoms with Crippen LogP contribution in [0.3, 0.4) is 0 Å². The summed E-state index contributed by atoms with van der Waals surface area (Å²) < 4.78 is 7.09. The molecule has 0 radical (unpaired) electrons. The van der Waals surface area contributed by atoms with Crippen molar-refractivity contribution >= 4 is 12.0 Å². The number of ether oxygens (including phenoxy) is 1. The fourth-order valence-corrected chi connectivity index (χ4v) is 3.36. The molecule has 2 aromatic rings. The van der Waals surface area contributed by atoms with Crippen molar-refractivity contribution in [2.24, 2.45) is 0 Å². The van der Waals surface area contributed by atoms with Crippen molar-refractivity contribution in [1.82, 2.24) is 25.4 Å². The summed E-state index contributed by atoms with van der Waals surface area (Å²) >= 11 is 0. The predicted molar refractivity (Wildman–Crippen MR) is 118 cm³/mol. The summed E-state index contributed by atoms with van der Waals surface area (Å²) in [6.45, 7) is 9.65. The SMILES string of the molecule is CCC(CC)(CNC(=O)OC(C)(C)C)NC(=O)c1nc(C2CC2)n(-c2ccccc2)n1. The lowest BCUT2D eigenvalue weighted by molar-refractivity contribution is 0.0501. The van der Waals surface area contributed by atoms with Gasteiger partial charge in [0.1, 0.15) is 11.4 Å². The van der Waals surface area contributed by atoms with Crippen LogP contribution in [0.4, 0.5) is 4.79 Å². The number of carbonyl (C=O) groups is 2. The van der Waals surface area contributed by atoms with Crippen LogP contribution in [0.15, 0.2) is 30.3 Å². The van der Waals surface area contributed by atoms with Crippen LogP contribution in [0.5, 0.6) is 0 Å². The van der Waals surface area contributed by atoms with E-state index in [1.165, 1.54) is 0 Å². The maximum atomic E-state index is 13.1. The van der Waals surface area contributed by atoms with Crippen molar-refractivity contribution < 1.29 is 14.3 Å². The molecule has 1 heterocycles. The number of benzene rings is 1. The van der Waals surface area contributed by atoms with Gasteiger partial charge in [-0.05, 0) is 58.6 Å². The number of amides is 2. The summed E-state index contributed by atoms with van der Waals surface area (Å²) in [5.74, 6) is 0.965. The Hall–Kier alpha value is -2.90. The first kappa shape index (κ1) is 22.8. The van der Waals surface area contributed by atoms with Crippen molar-refractivity contribution in [2.45, 2.75) is 77.4 Å². The molecule has 0 atom stereocenters. The second-order valence-electron chi connectivity index (χ2n) is 9.11. The average Bonchev–Trinajstić information content (AvgIpc) is 3.48. The normalized spacial score (nSPS) is 14.2. The van der Waals surface area contributed by atoms with Gasteiger partial charge >= 0.3 is 6.09 Å². The maximum absolute atomic E-state index is 13.1. The molecule has 0 aliphatic heterocycles. The number of aromatic nitrogens is 3. The van der Waals surface area contributed by atoms with E-state index >= 15 is 0 Å². The fraction of sp³-hybridized carbons (Fsp3) is 0.565. The highest BCUT2D eigenvalue weighted by molar-refractivity contribution is 5.91. The number of hydrogen-bond acceptors (Lipinski definition) is 5. The molecule has 168 valence electrons. The molecule has 1 aromatic carbocycles. The monoisotopic (exact) mass is 427 g/mol. The standard InChI is InChI=1S/C23H33N5O3/c1-6-23(7-2,15-24-21(30)31-22(3,4)5)26-20(29)18-25-19(16-13-14-16)28(27-18)17-11-9-8-10-12-17/h8-12,16H,6-7,13-15H2,1-5H3,(H,24,30)(H,26,29). The zero-order valence-electron chi connectivity index (χ0n) is 19.1. The minimum atomic E-state index is -0.619. The van der Waals surface area contributed by atoms with Gasteiger partial charge in [0.2, 0.25) is 5.82 Å². The Bertz CT molecular complexity index is 909.